The minimum absolute atomic E-state index is 0.0363. The Labute approximate surface area is 185 Å². The third-order valence-electron chi connectivity index (χ3n) is 6.48. The smallest absolute Gasteiger partial charge is 0.233 e. The van der Waals surface area contributed by atoms with Crippen molar-refractivity contribution in [1.29, 1.82) is 0 Å². The number of nitrogens with zero attached hydrogens (tertiary/aromatic N) is 4. The van der Waals surface area contributed by atoms with Crippen molar-refractivity contribution >= 4 is 39.3 Å². The second-order valence-corrected chi connectivity index (χ2v) is 9.26. The fraction of sp³-hybridized carbons (Fsp3) is 0.435. The molecule has 3 atom stereocenters. The van der Waals surface area contributed by atoms with Gasteiger partial charge in [0.1, 0.15) is 0 Å². The molecule has 3 unspecified atom stereocenters. The number of hydrogen-bond donors (Lipinski definition) is 1. The maximum absolute atomic E-state index is 12.6. The van der Waals surface area contributed by atoms with Crippen molar-refractivity contribution in [2.75, 3.05) is 18.0 Å². The molecule has 2 aromatic rings. The molecule has 31 heavy (non-hydrogen) atoms. The van der Waals surface area contributed by atoms with Crippen molar-refractivity contribution in [1.82, 2.24) is 14.2 Å². The lowest BCUT2D eigenvalue weighted by atomic mass is 9.80. The van der Waals surface area contributed by atoms with Crippen LogP contribution in [0.4, 0.5) is 5.82 Å². The highest BCUT2D eigenvalue weighted by molar-refractivity contribution is 7.13. The van der Waals surface area contributed by atoms with Crippen molar-refractivity contribution in [2.45, 2.75) is 38.2 Å². The number of anilines is 1. The summed E-state index contributed by atoms with van der Waals surface area (Å²) in [4.78, 5) is 30.7. The van der Waals surface area contributed by atoms with Crippen molar-refractivity contribution in [2.24, 2.45) is 11.8 Å². The van der Waals surface area contributed by atoms with Crippen LogP contribution in [-0.4, -0.2) is 50.3 Å². The molecule has 8 heteroatoms. The summed E-state index contributed by atoms with van der Waals surface area (Å²) in [6.07, 6.45) is 10.9. The summed E-state index contributed by atoms with van der Waals surface area (Å²) < 4.78 is 5.74. The molecule has 1 N–H and O–H groups in total. The van der Waals surface area contributed by atoms with E-state index in [1.165, 1.54) is 21.1 Å². The summed E-state index contributed by atoms with van der Waals surface area (Å²) in [5.41, 5.74) is 0. The van der Waals surface area contributed by atoms with E-state index >= 15 is 0 Å². The number of unbranched alkanes of at least 4 members (excludes halogenated alkanes) is 1. The summed E-state index contributed by atoms with van der Waals surface area (Å²) in [6.45, 7) is 1.29. The molecule has 1 aromatic heterocycles. The van der Waals surface area contributed by atoms with Gasteiger partial charge in [-0.25, -0.2) is 0 Å². The summed E-state index contributed by atoms with van der Waals surface area (Å²) >= 11 is 1.50. The SMILES string of the molecule is O=C1C2CCC(O)CC2C(=O)N1CCCCN1C=CN(c2nsc3ccccc23)C=C1. The Morgan fingerprint density at radius 1 is 0.968 bits per heavy atom. The lowest BCUT2D eigenvalue weighted by Crippen LogP contribution is -2.32. The standard InChI is InChI=1S/C23H26N4O3S/c28-16-7-8-17-19(15-16)23(30)27(22(17)29)10-4-3-9-25-11-13-26(14-12-25)21-18-5-1-2-6-20(18)31-24-21/h1-2,5-6,11-14,16-17,19,28H,3-4,7-10,15H2. The number of imide groups is 1. The molecule has 3 heterocycles. The van der Waals surface area contributed by atoms with Crippen LogP contribution < -0.4 is 4.90 Å². The second-order valence-electron chi connectivity index (χ2n) is 8.46. The van der Waals surface area contributed by atoms with E-state index in [0.717, 1.165) is 30.6 Å². The van der Waals surface area contributed by atoms with E-state index in [2.05, 4.69) is 21.4 Å². The van der Waals surface area contributed by atoms with Crippen LogP contribution in [0.1, 0.15) is 32.1 Å². The van der Waals surface area contributed by atoms with Gasteiger partial charge in [0, 0.05) is 43.3 Å². The number of amides is 2. The number of rotatable bonds is 6. The van der Waals surface area contributed by atoms with E-state index < -0.39 is 6.10 Å². The topological polar surface area (TPSA) is 77.0 Å². The van der Waals surface area contributed by atoms with Crippen LogP contribution in [0.5, 0.6) is 0 Å². The monoisotopic (exact) mass is 438 g/mol. The number of aromatic nitrogens is 1. The Hall–Kier alpha value is -2.71. The van der Waals surface area contributed by atoms with Crippen LogP contribution in [0, 0.1) is 11.8 Å². The molecule has 1 saturated carbocycles. The van der Waals surface area contributed by atoms with Crippen LogP contribution >= 0.6 is 11.5 Å². The number of carbonyl (C=O) groups excluding carboxylic acids is 2. The van der Waals surface area contributed by atoms with Crippen molar-refractivity contribution in [3.8, 4) is 0 Å². The number of benzene rings is 1. The van der Waals surface area contributed by atoms with Crippen LogP contribution in [-0.2, 0) is 9.59 Å². The van der Waals surface area contributed by atoms with Crippen molar-refractivity contribution in [3.63, 3.8) is 0 Å². The molecular weight excluding hydrogens is 412 g/mol. The van der Waals surface area contributed by atoms with Gasteiger partial charge in [-0.2, -0.15) is 4.37 Å². The fourth-order valence-corrected chi connectivity index (χ4v) is 5.55. The lowest BCUT2D eigenvalue weighted by Gasteiger charge is -2.24. The van der Waals surface area contributed by atoms with E-state index in [9.17, 15) is 14.7 Å². The number of hydrogen-bond acceptors (Lipinski definition) is 7. The molecule has 162 valence electrons. The van der Waals surface area contributed by atoms with Gasteiger partial charge in [-0.1, -0.05) is 12.1 Å². The van der Waals surface area contributed by atoms with E-state index in [1.54, 1.807) is 0 Å². The number of fused-ring (bicyclic) bond motifs is 2. The molecule has 2 aliphatic heterocycles. The molecule has 0 bridgehead atoms. The second kappa shape index (κ2) is 8.43. The molecule has 2 fully saturated rings. The van der Waals surface area contributed by atoms with Gasteiger partial charge in [-0.3, -0.25) is 14.5 Å². The van der Waals surface area contributed by atoms with Gasteiger partial charge < -0.3 is 14.9 Å². The predicted octanol–water partition coefficient (Wildman–Crippen LogP) is 3.29. The van der Waals surface area contributed by atoms with Gasteiger partial charge in [0.15, 0.2) is 5.82 Å². The first-order valence-electron chi connectivity index (χ1n) is 10.9. The minimum atomic E-state index is -0.447. The van der Waals surface area contributed by atoms with Crippen LogP contribution in [0.25, 0.3) is 10.1 Å². The van der Waals surface area contributed by atoms with Crippen molar-refractivity contribution in [3.05, 3.63) is 49.1 Å². The summed E-state index contributed by atoms with van der Waals surface area (Å²) in [7, 11) is 0. The average Bonchev–Trinajstić information content (AvgIpc) is 3.32. The van der Waals surface area contributed by atoms with E-state index in [1.807, 2.05) is 41.8 Å². The molecule has 0 radical (unpaired) electrons. The molecule has 7 nitrogen and oxygen atoms in total. The lowest BCUT2D eigenvalue weighted by molar-refractivity contribution is -0.140. The average molecular weight is 439 g/mol. The number of likely N-dealkylation sites (tertiary alicyclic amines) is 1. The molecular formula is C23H26N4O3S. The molecule has 1 aromatic carbocycles. The van der Waals surface area contributed by atoms with Gasteiger partial charge in [0.05, 0.1) is 22.6 Å². The van der Waals surface area contributed by atoms with E-state index in [0.29, 0.717) is 25.8 Å². The zero-order chi connectivity index (χ0) is 21.4. The van der Waals surface area contributed by atoms with Gasteiger partial charge >= 0.3 is 0 Å². The highest BCUT2D eigenvalue weighted by Gasteiger charge is 2.49. The molecule has 0 spiro atoms. The third kappa shape index (κ3) is 3.85. The normalized spacial score (nSPS) is 25.7. The molecule has 2 amide bonds. The van der Waals surface area contributed by atoms with Gasteiger partial charge in [0.2, 0.25) is 11.8 Å². The van der Waals surface area contributed by atoms with E-state index in [4.69, 9.17) is 0 Å². The molecule has 1 aliphatic carbocycles. The molecule has 5 rings (SSSR count). The molecule has 1 saturated heterocycles. The Morgan fingerprint density at radius 3 is 2.55 bits per heavy atom. The summed E-state index contributed by atoms with van der Waals surface area (Å²) in [5.74, 6) is 0.294. The summed E-state index contributed by atoms with van der Waals surface area (Å²) in [6, 6.07) is 8.21. The first kappa shape index (κ1) is 20.2. The Balaban J connectivity index is 1.11. The third-order valence-corrected chi connectivity index (χ3v) is 7.29. The quantitative estimate of drug-likeness (QED) is 0.551. The minimum Gasteiger partial charge on any atom is -0.393 e. The van der Waals surface area contributed by atoms with Gasteiger partial charge in [0.25, 0.3) is 0 Å². The van der Waals surface area contributed by atoms with Crippen LogP contribution in [0.3, 0.4) is 0 Å². The largest absolute Gasteiger partial charge is 0.393 e. The Kier molecular flexibility index (Phi) is 5.50. The van der Waals surface area contributed by atoms with Gasteiger partial charge in [-0.15, -0.1) is 0 Å². The van der Waals surface area contributed by atoms with Crippen LogP contribution in [0.2, 0.25) is 0 Å². The Bertz CT molecular complexity index is 1030. The number of aliphatic hydroxyl groups is 1. The Morgan fingerprint density at radius 2 is 1.71 bits per heavy atom. The van der Waals surface area contributed by atoms with Crippen molar-refractivity contribution < 1.29 is 14.7 Å². The fourth-order valence-electron chi connectivity index (χ4n) is 4.77. The number of aliphatic hydroxyl groups excluding tert-OH is 1. The maximum atomic E-state index is 12.6. The van der Waals surface area contributed by atoms with Crippen LogP contribution in [0.15, 0.2) is 49.1 Å². The first-order valence-corrected chi connectivity index (χ1v) is 11.7. The highest BCUT2D eigenvalue weighted by atomic mass is 32.1. The maximum Gasteiger partial charge on any atom is 0.233 e. The zero-order valence-electron chi connectivity index (χ0n) is 17.3. The first-order chi connectivity index (χ1) is 15.1. The summed E-state index contributed by atoms with van der Waals surface area (Å²) in [5, 5.41) is 11.0. The molecule has 3 aliphatic rings. The van der Waals surface area contributed by atoms with E-state index in [-0.39, 0.29) is 23.7 Å². The highest BCUT2D eigenvalue weighted by Crippen LogP contribution is 2.38. The predicted molar refractivity (Wildman–Crippen MR) is 120 cm³/mol. The number of carbonyl (C=O) groups is 2. The van der Waals surface area contributed by atoms with Gasteiger partial charge in [-0.05, 0) is 55.8 Å². The zero-order valence-corrected chi connectivity index (χ0v) is 18.1.